The van der Waals surface area contributed by atoms with Gasteiger partial charge in [0.25, 0.3) is 5.84 Å². The van der Waals surface area contributed by atoms with Gasteiger partial charge in [-0.25, -0.2) is 0 Å². The molecule has 1 aliphatic rings. The van der Waals surface area contributed by atoms with Crippen molar-refractivity contribution in [3.8, 4) is 0 Å². The molecule has 2 atom stereocenters. The Balaban J connectivity index is 2.21. The van der Waals surface area contributed by atoms with Crippen LogP contribution in [0.25, 0.3) is 0 Å². The van der Waals surface area contributed by atoms with Crippen LogP contribution in [0.1, 0.15) is 18.1 Å². The van der Waals surface area contributed by atoms with E-state index in [2.05, 4.69) is 0 Å². The van der Waals surface area contributed by atoms with Gasteiger partial charge >= 0.3 is 0 Å². The van der Waals surface area contributed by atoms with Crippen LogP contribution in [-0.4, -0.2) is 6.61 Å². The van der Waals surface area contributed by atoms with Crippen molar-refractivity contribution in [2.24, 2.45) is 0 Å². The van der Waals surface area contributed by atoms with Gasteiger partial charge in [-0.15, -0.1) is 0 Å². The summed E-state index contributed by atoms with van der Waals surface area (Å²) in [6.07, 6.45) is 0.659. The van der Waals surface area contributed by atoms with Gasteiger partial charge in [-0.2, -0.15) is 0 Å². The van der Waals surface area contributed by atoms with Crippen LogP contribution in [0, 0.1) is 0 Å². The van der Waals surface area contributed by atoms with Crippen LogP contribution in [0.3, 0.4) is 0 Å². The minimum Gasteiger partial charge on any atom is -0.318 e. The number of rotatable bonds is 1. The number of benzene rings is 1. The third-order valence-corrected chi connectivity index (χ3v) is 4.44. The van der Waals surface area contributed by atoms with Crippen molar-refractivity contribution in [2.75, 3.05) is 6.61 Å². The first kappa shape index (κ1) is 11.8. The third kappa shape index (κ3) is 3.16. The molecule has 0 spiro atoms. The van der Waals surface area contributed by atoms with Gasteiger partial charge in [0.1, 0.15) is 0 Å². The summed E-state index contributed by atoms with van der Waals surface area (Å²) in [5.41, 5.74) is 1.00. The molecule has 2 unspecified atom stereocenters. The molecule has 2 rings (SSSR count). The molecule has 0 aromatic heterocycles. The van der Waals surface area contributed by atoms with Crippen molar-refractivity contribution in [2.45, 2.75) is 12.5 Å². The molecule has 82 valence electrons. The van der Waals surface area contributed by atoms with Crippen LogP contribution in [0.15, 0.2) is 24.3 Å². The fourth-order valence-corrected chi connectivity index (χ4v) is 3.58. The van der Waals surface area contributed by atoms with Gasteiger partial charge in [0.2, 0.25) is 0 Å². The fourth-order valence-electron chi connectivity index (χ4n) is 1.44. The molecule has 0 bridgehead atoms. The molecule has 15 heavy (non-hydrogen) atoms. The normalized spacial score (nSPS) is 31.5. The van der Waals surface area contributed by atoms with Gasteiger partial charge in [-0.05, 0) is 40.7 Å². The molecule has 1 aromatic rings. The first-order valence-corrected chi connectivity index (χ1v) is 8.37. The zero-order chi connectivity index (χ0) is 10.9. The zero-order valence-corrected chi connectivity index (χ0v) is 11.0. The van der Waals surface area contributed by atoms with Crippen molar-refractivity contribution in [3.63, 3.8) is 0 Å². The average molecular weight is 283 g/mol. The van der Waals surface area contributed by atoms with E-state index < -0.39 is 5.84 Å². The van der Waals surface area contributed by atoms with Crippen LogP contribution in [0.5, 0.6) is 0 Å². The highest BCUT2D eigenvalue weighted by molar-refractivity contribution is 8.22. The van der Waals surface area contributed by atoms with Gasteiger partial charge in [0.05, 0.1) is 12.7 Å². The highest BCUT2D eigenvalue weighted by atomic mass is 35.7. The molecule has 0 aliphatic carbocycles. The first-order valence-electron chi connectivity index (χ1n) is 4.45. The van der Waals surface area contributed by atoms with Crippen LogP contribution in [-0.2, 0) is 20.9 Å². The van der Waals surface area contributed by atoms with Crippen LogP contribution < -0.4 is 0 Å². The summed E-state index contributed by atoms with van der Waals surface area (Å²) >= 11 is 16.8. The van der Waals surface area contributed by atoms with Crippen LogP contribution in [0.4, 0.5) is 0 Å². The predicted molar refractivity (Wildman–Crippen MR) is 66.0 cm³/mol. The summed E-state index contributed by atoms with van der Waals surface area (Å²) in [4.78, 5) is 0. The maximum Gasteiger partial charge on any atom is 0.282 e. The van der Waals surface area contributed by atoms with E-state index in [1.807, 2.05) is 24.3 Å². The molecule has 0 N–H and O–H groups in total. The minimum absolute atomic E-state index is 0.0965. The van der Waals surface area contributed by atoms with E-state index >= 15 is 0 Å². The lowest BCUT2D eigenvalue weighted by Gasteiger charge is -2.28. The first-order chi connectivity index (χ1) is 7.07. The molecule has 1 aliphatic heterocycles. The quantitative estimate of drug-likeness (QED) is 0.717. The summed E-state index contributed by atoms with van der Waals surface area (Å²) in [5.74, 6) is -2.56. The van der Waals surface area contributed by atoms with Crippen LogP contribution >= 0.6 is 28.7 Å². The maximum atomic E-state index is 5.90. The van der Waals surface area contributed by atoms with E-state index in [0.29, 0.717) is 11.6 Å². The lowest BCUT2D eigenvalue weighted by molar-refractivity contribution is 0.115. The second kappa shape index (κ2) is 4.70. The number of hydrogen-bond acceptors (Lipinski definition) is 3. The molecule has 1 aromatic carbocycles. The highest BCUT2D eigenvalue weighted by Crippen LogP contribution is 2.60. The third-order valence-electron chi connectivity index (χ3n) is 2.10. The lowest BCUT2D eigenvalue weighted by Crippen LogP contribution is -2.11. The summed E-state index contributed by atoms with van der Waals surface area (Å²) < 4.78 is 10.7. The Morgan fingerprint density at radius 3 is 2.93 bits per heavy atom. The predicted octanol–water partition coefficient (Wildman–Crippen LogP) is 4.28. The Labute approximate surface area is 103 Å². The van der Waals surface area contributed by atoms with Crippen molar-refractivity contribution in [1.29, 1.82) is 0 Å². The summed E-state index contributed by atoms with van der Waals surface area (Å²) in [6.45, 7) is 0.540. The average Bonchev–Trinajstić information content (AvgIpc) is 2.16. The molecule has 1 fully saturated rings. The Morgan fingerprint density at radius 1 is 1.47 bits per heavy atom. The van der Waals surface area contributed by atoms with E-state index in [1.54, 1.807) is 0 Å². The molecule has 2 nitrogen and oxygen atoms in total. The number of hydrogen-bond donors (Lipinski definition) is 0. The number of halogens is 2. The molecule has 0 saturated carbocycles. The molecule has 1 heterocycles. The Kier molecular flexibility index (Phi) is 3.71. The summed E-state index contributed by atoms with van der Waals surface area (Å²) in [5, 5.41) is 0.686. The smallest absolute Gasteiger partial charge is 0.282 e. The van der Waals surface area contributed by atoms with Gasteiger partial charge in [0, 0.05) is 11.4 Å². The second-order valence-electron chi connectivity index (χ2n) is 3.20. The molecule has 0 amide bonds. The van der Waals surface area contributed by atoms with Gasteiger partial charge < -0.3 is 9.05 Å². The largest absolute Gasteiger partial charge is 0.318 e. The zero-order valence-electron chi connectivity index (χ0n) is 7.73. The van der Waals surface area contributed by atoms with Crippen molar-refractivity contribution in [3.05, 3.63) is 34.9 Å². The van der Waals surface area contributed by atoms with E-state index in [4.69, 9.17) is 43.7 Å². The molecule has 0 radical (unpaired) electrons. The van der Waals surface area contributed by atoms with E-state index in [0.717, 1.165) is 12.0 Å². The summed E-state index contributed by atoms with van der Waals surface area (Å²) in [7, 11) is 0. The van der Waals surface area contributed by atoms with E-state index in [-0.39, 0.29) is 6.10 Å². The van der Waals surface area contributed by atoms with Gasteiger partial charge in [-0.1, -0.05) is 23.7 Å². The Bertz CT molecular complexity index is 413. The Hall–Kier alpha value is 0.370. The maximum absolute atomic E-state index is 5.90. The molecule has 1 saturated heterocycles. The monoisotopic (exact) mass is 282 g/mol. The summed E-state index contributed by atoms with van der Waals surface area (Å²) in [6, 6.07) is 7.52. The van der Waals surface area contributed by atoms with E-state index in [1.165, 1.54) is 0 Å². The van der Waals surface area contributed by atoms with Gasteiger partial charge in [0.15, 0.2) is 0 Å². The van der Waals surface area contributed by atoms with Crippen molar-refractivity contribution < 1.29 is 9.05 Å². The topological polar surface area (TPSA) is 18.5 Å². The fraction of sp³-hybridized carbons (Fsp3) is 0.333. The van der Waals surface area contributed by atoms with Crippen LogP contribution in [0.2, 0.25) is 5.02 Å². The lowest BCUT2D eigenvalue weighted by atomic mass is 10.1. The Morgan fingerprint density at radius 2 is 2.27 bits per heavy atom. The van der Waals surface area contributed by atoms with E-state index in [9.17, 15) is 0 Å². The second-order valence-corrected chi connectivity index (χ2v) is 8.35. The van der Waals surface area contributed by atoms with Gasteiger partial charge in [-0.3, -0.25) is 0 Å². The SMILES string of the molecule is S=P1(Cl)OCCC(c2cccc(Cl)c2)O1. The highest BCUT2D eigenvalue weighted by Gasteiger charge is 2.28. The van der Waals surface area contributed by atoms with Crippen molar-refractivity contribution in [1.82, 2.24) is 0 Å². The van der Waals surface area contributed by atoms with Crippen molar-refractivity contribution >= 4 is 40.5 Å². The minimum atomic E-state index is -2.56. The molecule has 6 heteroatoms. The molecular formula is C9H9Cl2O2PS. The molecular weight excluding hydrogens is 274 g/mol. The standard InChI is InChI=1S/C9H9Cl2O2PS/c10-8-3-1-2-7(6-8)9-4-5-12-14(11,15)13-9/h1-3,6,9H,4-5H2.